The first kappa shape index (κ1) is 12.3. The second-order valence-corrected chi connectivity index (χ2v) is 4.17. The van der Waals surface area contributed by atoms with E-state index in [-0.39, 0.29) is 6.04 Å². The molecule has 0 aromatic heterocycles. The van der Waals surface area contributed by atoms with Gasteiger partial charge in [0.1, 0.15) is 0 Å². The van der Waals surface area contributed by atoms with Crippen LogP contribution in [0.2, 0.25) is 0 Å². The second kappa shape index (κ2) is 6.70. The van der Waals surface area contributed by atoms with Crippen LogP contribution >= 0.6 is 0 Å². The summed E-state index contributed by atoms with van der Waals surface area (Å²) in [4.78, 5) is 2.88. The van der Waals surface area contributed by atoms with Crippen LogP contribution in [0.25, 0.3) is 16.5 Å². The van der Waals surface area contributed by atoms with E-state index < -0.39 is 0 Å². The Bertz CT molecular complexity index is 375. The molecule has 0 amide bonds. The molecule has 1 atom stereocenters. The van der Waals surface area contributed by atoms with E-state index in [9.17, 15) is 0 Å². The van der Waals surface area contributed by atoms with E-state index in [1.807, 2.05) is 42.5 Å². The third-order valence-electron chi connectivity index (χ3n) is 2.22. The van der Waals surface area contributed by atoms with Crippen molar-refractivity contribution in [2.75, 3.05) is 0 Å². The highest BCUT2D eigenvalue weighted by Gasteiger charge is 2.04. The zero-order valence-electron chi connectivity index (χ0n) is 9.74. The molecule has 84 valence electrons. The predicted molar refractivity (Wildman–Crippen MR) is 67.9 cm³/mol. The zero-order chi connectivity index (χ0) is 11.8. The van der Waals surface area contributed by atoms with Crippen molar-refractivity contribution >= 4 is 6.08 Å². The van der Waals surface area contributed by atoms with Crippen molar-refractivity contribution < 1.29 is 0 Å². The Morgan fingerprint density at radius 3 is 2.56 bits per heavy atom. The van der Waals surface area contributed by atoms with E-state index in [2.05, 4.69) is 23.9 Å². The maximum atomic E-state index is 8.47. The molecular formula is C13H17N3. The predicted octanol–water partition coefficient (Wildman–Crippen LogP) is 4.42. The molecule has 0 spiro atoms. The summed E-state index contributed by atoms with van der Waals surface area (Å²) in [6.07, 6.45) is 4.85. The van der Waals surface area contributed by atoms with Crippen molar-refractivity contribution in [3.63, 3.8) is 0 Å². The van der Waals surface area contributed by atoms with Gasteiger partial charge in [0.15, 0.2) is 0 Å². The van der Waals surface area contributed by atoms with E-state index in [1.54, 1.807) is 0 Å². The van der Waals surface area contributed by atoms with Gasteiger partial charge in [-0.15, -0.1) is 0 Å². The monoisotopic (exact) mass is 215 g/mol. The van der Waals surface area contributed by atoms with Crippen molar-refractivity contribution in [1.29, 1.82) is 0 Å². The Labute approximate surface area is 96.4 Å². The molecule has 0 heterocycles. The highest BCUT2D eigenvalue weighted by Crippen LogP contribution is 2.12. The average molecular weight is 215 g/mol. The van der Waals surface area contributed by atoms with Crippen LogP contribution in [0.3, 0.4) is 0 Å². The maximum absolute atomic E-state index is 8.47. The summed E-state index contributed by atoms with van der Waals surface area (Å²) in [5.74, 6) is 0.524. The molecule has 0 radical (unpaired) electrons. The minimum Gasteiger partial charge on any atom is -0.0865 e. The third-order valence-corrected chi connectivity index (χ3v) is 2.22. The van der Waals surface area contributed by atoms with E-state index in [0.29, 0.717) is 5.92 Å². The lowest BCUT2D eigenvalue weighted by Gasteiger charge is -2.08. The highest BCUT2D eigenvalue weighted by molar-refractivity contribution is 5.49. The molecule has 0 N–H and O–H groups in total. The lowest BCUT2D eigenvalue weighted by molar-refractivity contribution is 0.546. The van der Waals surface area contributed by atoms with Gasteiger partial charge < -0.3 is 0 Å². The first-order valence-corrected chi connectivity index (χ1v) is 5.50. The summed E-state index contributed by atoms with van der Waals surface area (Å²) in [6.45, 7) is 4.24. The summed E-state index contributed by atoms with van der Waals surface area (Å²) < 4.78 is 0. The van der Waals surface area contributed by atoms with Crippen LogP contribution in [0.15, 0.2) is 41.5 Å². The van der Waals surface area contributed by atoms with Crippen molar-refractivity contribution in [3.05, 3.63) is 52.4 Å². The van der Waals surface area contributed by atoms with Crippen LogP contribution < -0.4 is 0 Å². The van der Waals surface area contributed by atoms with Gasteiger partial charge in [0.05, 0.1) is 6.04 Å². The van der Waals surface area contributed by atoms with E-state index in [0.717, 1.165) is 12.0 Å². The lowest BCUT2D eigenvalue weighted by Crippen LogP contribution is -2.03. The summed E-state index contributed by atoms with van der Waals surface area (Å²) >= 11 is 0. The van der Waals surface area contributed by atoms with Gasteiger partial charge in [-0.05, 0) is 23.4 Å². The number of hydrogen-bond acceptors (Lipinski definition) is 1. The molecule has 0 saturated heterocycles. The number of benzene rings is 1. The molecule has 0 fully saturated rings. The molecule has 1 unspecified atom stereocenters. The minimum atomic E-state index is -0.0507. The average Bonchev–Trinajstić information content (AvgIpc) is 2.27. The lowest BCUT2D eigenvalue weighted by atomic mass is 10.0. The van der Waals surface area contributed by atoms with Gasteiger partial charge in [0, 0.05) is 4.91 Å². The van der Waals surface area contributed by atoms with Gasteiger partial charge in [-0.25, -0.2) is 0 Å². The molecule has 1 rings (SSSR count). The fraction of sp³-hybridized carbons (Fsp3) is 0.385. The quantitative estimate of drug-likeness (QED) is 0.396. The molecule has 0 aliphatic carbocycles. The molecule has 0 bridgehead atoms. The Hall–Kier alpha value is -1.73. The SMILES string of the molecule is CC(C)CC(/C=C/c1ccccc1)N=[N+]=[N-]. The Kier molecular flexibility index (Phi) is 5.17. The van der Waals surface area contributed by atoms with E-state index >= 15 is 0 Å². The van der Waals surface area contributed by atoms with Gasteiger partial charge in [0.25, 0.3) is 0 Å². The Balaban J connectivity index is 2.68. The van der Waals surface area contributed by atoms with Gasteiger partial charge in [-0.2, -0.15) is 0 Å². The molecule has 0 aliphatic heterocycles. The van der Waals surface area contributed by atoms with Crippen molar-refractivity contribution in [2.45, 2.75) is 26.3 Å². The molecule has 16 heavy (non-hydrogen) atoms. The molecule has 0 aliphatic rings. The second-order valence-electron chi connectivity index (χ2n) is 4.17. The van der Waals surface area contributed by atoms with E-state index in [4.69, 9.17) is 5.53 Å². The standard InChI is InChI=1S/C13H17N3/c1-11(2)10-13(15-16-14)9-8-12-6-4-3-5-7-12/h3-9,11,13H,10H2,1-2H3/b9-8+. The van der Waals surface area contributed by atoms with Crippen molar-refractivity contribution in [2.24, 2.45) is 11.0 Å². The number of rotatable bonds is 5. The normalized spacial score (nSPS) is 12.7. The van der Waals surface area contributed by atoms with Gasteiger partial charge in [-0.1, -0.05) is 61.4 Å². The Morgan fingerprint density at radius 2 is 2.00 bits per heavy atom. The maximum Gasteiger partial charge on any atom is 0.0560 e. The minimum absolute atomic E-state index is 0.0507. The largest absolute Gasteiger partial charge is 0.0865 e. The summed E-state index contributed by atoms with van der Waals surface area (Å²) in [6, 6.07) is 9.97. The smallest absolute Gasteiger partial charge is 0.0560 e. The number of nitrogens with zero attached hydrogens (tertiary/aromatic N) is 3. The fourth-order valence-corrected chi connectivity index (χ4v) is 1.50. The third kappa shape index (κ3) is 4.67. The molecule has 0 saturated carbocycles. The van der Waals surface area contributed by atoms with Crippen LogP contribution in [-0.4, -0.2) is 6.04 Å². The summed E-state index contributed by atoms with van der Waals surface area (Å²) in [5.41, 5.74) is 9.60. The van der Waals surface area contributed by atoms with E-state index in [1.165, 1.54) is 0 Å². The first-order valence-electron chi connectivity index (χ1n) is 5.50. The topological polar surface area (TPSA) is 48.8 Å². The fourth-order valence-electron chi connectivity index (χ4n) is 1.50. The molecule has 1 aromatic rings. The van der Waals surface area contributed by atoms with Crippen molar-refractivity contribution in [1.82, 2.24) is 0 Å². The summed E-state index contributed by atoms with van der Waals surface area (Å²) in [5, 5.41) is 3.77. The summed E-state index contributed by atoms with van der Waals surface area (Å²) in [7, 11) is 0. The van der Waals surface area contributed by atoms with Crippen LogP contribution in [0.5, 0.6) is 0 Å². The van der Waals surface area contributed by atoms with Crippen LogP contribution in [-0.2, 0) is 0 Å². The van der Waals surface area contributed by atoms with Crippen LogP contribution in [0.4, 0.5) is 0 Å². The van der Waals surface area contributed by atoms with Crippen molar-refractivity contribution in [3.8, 4) is 0 Å². The number of hydrogen-bond donors (Lipinski definition) is 0. The zero-order valence-corrected chi connectivity index (χ0v) is 9.74. The Morgan fingerprint density at radius 1 is 1.31 bits per heavy atom. The van der Waals surface area contributed by atoms with Gasteiger partial charge in [0.2, 0.25) is 0 Å². The molecular weight excluding hydrogens is 198 g/mol. The first-order chi connectivity index (χ1) is 7.72. The van der Waals surface area contributed by atoms with Gasteiger partial charge in [-0.3, -0.25) is 0 Å². The van der Waals surface area contributed by atoms with Gasteiger partial charge >= 0.3 is 0 Å². The highest BCUT2D eigenvalue weighted by atomic mass is 15.1. The molecule has 3 heteroatoms. The molecule has 1 aromatic carbocycles. The van der Waals surface area contributed by atoms with Crippen LogP contribution in [0, 0.1) is 5.92 Å². The van der Waals surface area contributed by atoms with Crippen LogP contribution in [0.1, 0.15) is 25.8 Å². The molecule has 3 nitrogen and oxygen atoms in total. The number of azide groups is 1.